The summed E-state index contributed by atoms with van der Waals surface area (Å²) in [7, 11) is -4.67. The highest BCUT2D eigenvalue weighted by atomic mass is 32.3. The van der Waals surface area contributed by atoms with Gasteiger partial charge in [0.2, 0.25) is 11.8 Å². The van der Waals surface area contributed by atoms with E-state index in [0.717, 1.165) is 28.8 Å². The average Bonchev–Trinajstić information content (AvgIpc) is 3.35. The van der Waals surface area contributed by atoms with Crippen LogP contribution >= 0.6 is 0 Å². The van der Waals surface area contributed by atoms with E-state index in [1.165, 1.54) is 0 Å². The summed E-state index contributed by atoms with van der Waals surface area (Å²) in [6, 6.07) is 20.6. The van der Waals surface area contributed by atoms with E-state index in [4.69, 9.17) is 17.5 Å². The Kier molecular flexibility index (Phi) is 13.6. The SMILES string of the molecule is CC(C)(C)NC(=O)[C@@H]1CN(Cc2cccnc2)CCN1C[C@@H](O)C[C@@H](Cc1ccccc1)C(=O)N[C@@H]1c2ccccc2C[C@H]1O.O=S(=O)(O)O. The summed E-state index contributed by atoms with van der Waals surface area (Å²) in [5, 5.41) is 28.5. The molecule has 2 aliphatic rings. The van der Waals surface area contributed by atoms with Crippen LogP contribution in [0.3, 0.4) is 0 Å². The summed E-state index contributed by atoms with van der Waals surface area (Å²) >= 11 is 0. The molecule has 5 atom stereocenters. The molecule has 0 bridgehead atoms. The number of fused-ring (bicyclic) bond motifs is 1. The third kappa shape index (κ3) is 12.5. The van der Waals surface area contributed by atoms with Crippen LogP contribution in [0.15, 0.2) is 79.1 Å². The molecule has 50 heavy (non-hydrogen) atoms. The number of amides is 2. The molecule has 2 aromatic carbocycles. The van der Waals surface area contributed by atoms with Gasteiger partial charge >= 0.3 is 10.4 Å². The van der Waals surface area contributed by atoms with Crippen molar-refractivity contribution in [2.45, 2.75) is 76.4 Å². The molecule has 2 heterocycles. The van der Waals surface area contributed by atoms with Gasteiger partial charge in [-0.3, -0.25) is 33.5 Å². The Morgan fingerprint density at radius 1 is 0.980 bits per heavy atom. The summed E-state index contributed by atoms with van der Waals surface area (Å²) < 4.78 is 31.6. The van der Waals surface area contributed by atoms with E-state index in [1.54, 1.807) is 6.20 Å². The number of nitrogens with one attached hydrogen (secondary N) is 2. The van der Waals surface area contributed by atoms with Gasteiger partial charge in [0.05, 0.1) is 18.2 Å². The lowest BCUT2D eigenvalue weighted by atomic mass is 9.91. The van der Waals surface area contributed by atoms with Gasteiger partial charge in [-0.1, -0.05) is 60.7 Å². The van der Waals surface area contributed by atoms with E-state index in [9.17, 15) is 19.8 Å². The normalized spacial score (nSPS) is 20.9. The fourth-order valence-electron chi connectivity index (χ4n) is 6.56. The minimum Gasteiger partial charge on any atom is -0.392 e. The Morgan fingerprint density at radius 3 is 2.30 bits per heavy atom. The van der Waals surface area contributed by atoms with E-state index in [-0.39, 0.29) is 24.8 Å². The second kappa shape index (κ2) is 17.4. The number of hydrogen-bond acceptors (Lipinski definition) is 9. The number of piperazine rings is 1. The summed E-state index contributed by atoms with van der Waals surface area (Å²) in [5.74, 6) is -0.781. The van der Waals surface area contributed by atoms with Gasteiger partial charge in [-0.05, 0) is 61.9 Å². The van der Waals surface area contributed by atoms with E-state index >= 15 is 0 Å². The summed E-state index contributed by atoms with van der Waals surface area (Å²) in [4.78, 5) is 35.9. The molecule has 1 aliphatic heterocycles. The highest BCUT2D eigenvalue weighted by molar-refractivity contribution is 7.79. The van der Waals surface area contributed by atoms with Gasteiger partial charge in [0, 0.05) is 63.0 Å². The van der Waals surface area contributed by atoms with Crippen LogP contribution in [-0.4, -0.2) is 104 Å². The fourth-order valence-corrected chi connectivity index (χ4v) is 6.56. The lowest BCUT2D eigenvalue weighted by Gasteiger charge is -2.42. The average molecular weight is 712 g/mol. The van der Waals surface area contributed by atoms with Crippen LogP contribution in [0.2, 0.25) is 0 Å². The van der Waals surface area contributed by atoms with Crippen molar-refractivity contribution in [2.24, 2.45) is 5.92 Å². The van der Waals surface area contributed by atoms with Gasteiger partial charge < -0.3 is 20.8 Å². The molecular formula is C36H49N5O8S. The maximum atomic E-state index is 13.8. The molecule has 13 nitrogen and oxygen atoms in total. The first-order chi connectivity index (χ1) is 23.6. The lowest BCUT2D eigenvalue weighted by Crippen LogP contribution is -2.61. The zero-order valence-electron chi connectivity index (χ0n) is 28.7. The van der Waals surface area contributed by atoms with E-state index in [2.05, 4.69) is 25.4 Å². The molecule has 0 radical (unpaired) electrons. The van der Waals surface area contributed by atoms with Gasteiger partial charge in [-0.25, -0.2) is 0 Å². The molecule has 6 N–H and O–H groups in total. The molecule has 1 fully saturated rings. The largest absolute Gasteiger partial charge is 0.394 e. The first kappa shape index (κ1) is 39.0. The van der Waals surface area contributed by atoms with Gasteiger partial charge in [-0.15, -0.1) is 0 Å². The van der Waals surface area contributed by atoms with Gasteiger partial charge in [0.25, 0.3) is 0 Å². The van der Waals surface area contributed by atoms with Crippen LogP contribution in [0.5, 0.6) is 0 Å². The third-order valence-electron chi connectivity index (χ3n) is 8.70. The Bertz CT molecular complexity index is 1650. The van der Waals surface area contributed by atoms with Gasteiger partial charge in [0.1, 0.15) is 6.04 Å². The molecule has 2 amide bonds. The van der Waals surface area contributed by atoms with E-state index in [0.29, 0.717) is 32.5 Å². The van der Waals surface area contributed by atoms with Crippen molar-refractivity contribution in [3.05, 3.63) is 101 Å². The second-order valence-electron chi connectivity index (χ2n) is 14.0. The Hall–Kier alpha value is -3.76. The first-order valence-electron chi connectivity index (χ1n) is 16.7. The predicted octanol–water partition coefficient (Wildman–Crippen LogP) is 2.21. The minimum atomic E-state index is -4.67. The molecule has 1 saturated heterocycles. The van der Waals surface area contributed by atoms with Gasteiger partial charge in [-0.2, -0.15) is 8.42 Å². The van der Waals surface area contributed by atoms with Crippen molar-refractivity contribution in [1.29, 1.82) is 0 Å². The maximum absolute atomic E-state index is 13.8. The number of hydrogen-bond donors (Lipinski definition) is 6. The van der Waals surface area contributed by atoms with Crippen LogP contribution in [0.1, 0.15) is 55.5 Å². The van der Waals surface area contributed by atoms with Crippen LogP contribution in [0.25, 0.3) is 0 Å². The molecule has 0 saturated carbocycles. The maximum Gasteiger partial charge on any atom is 0.394 e. The molecule has 1 aliphatic carbocycles. The molecule has 0 unspecified atom stereocenters. The van der Waals surface area contributed by atoms with Crippen molar-refractivity contribution < 1.29 is 37.3 Å². The topological polar surface area (TPSA) is 193 Å². The number of benzene rings is 2. The molecule has 0 spiro atoms. The monoisotopic (exact) mass is 711 g/mol. The summed E-state index contributed by atoms with van der Waals surface area (Å²) in [5.41, 5.74) is 3.68. The molecule has 14 heteroatoms. The molecule has 5 rings (SSSR count). The number of aliphatic hydroxyl groups is 2. The Morgan fingerprint density at radius 2 is 1.64 bits per heavy atom. The zero-order chi connectivity index (χ0) is 36.5. The molecule has 1 aromatic heterocycles. The molecule has 3 aromatic rings. The quantitative estimate of drug-likeness (QED) is 0.160. The second-order valence-corrected chi connectivity index (χ2v) is 14.9. The van der Waals surface area contributed by atoms with Crippen LogP contribution < -0.4 is 10.6 Å². The van der Waals surface area contributed by atoms with Crippen LogP contribution in [0, 0.1) is 5.92 Å². The predicted molar refractivity (Wildman–Crippen MR) is 188 cm³/mol. The van der Waals surface area contributed by atoms with Crippen LogP contribution in [0.4, 0.5) is 0 Å². The highest BCUT2D eigenvalue weighted by Gasteiger charge is 2.37. The third-order valence-corrected chi connectivity index (χ3v) is 8.70. The number of aliphatic hydroxyl groups excluding tert-OH is 2. The summed E-state index contributed by atoms with van der Waals surface area (Å²) in [6.07, 6.45) is 3.26. The number of aromatic nitrogens is 1. The molecule has 272 valence electrons. The first-order valence-corrected chi connectivity index (χ1v) is 18.1. The Labute approximate surface area is 294 Å². The van der Waals surface area contributed by atoms with Gasteiger partial charge in [0.15, 0.2) is 0 Å². The van der Waals surface area contributed by atoms with Crippen molar-refractivity contribution in [1.82, 2.24) is 25.4 Å². The van der Waals surface area contributed by atoms with E-state index < -0.39 is 46.1 Å². The fraction of sp³-hybridized carbons (Fsp3) is 0.472. The molecular weight excluding hydrogens is 662 g/mol. The standard InChI is InChI=1S/C36H47N5O4.H2O4S/c1-36(2,3)39-35(45)31-24-40(22-26-12-9-15-37-21-26)16-17-41(31)23-29(42)19-28(18-25-10-5-4-6-11-25)34(44)38-33-30-14-8-7-13-27(30)20-32(33)43;1-5(2,3)4/h4-15,21,28-29,31-33,42-43H,16-20,22-24H2,1-3H3,(H,38,44)(H,39,45);(H2,1,2,3,4)/t28-,29+,31+,32-,33-;/m1./s1. The number of β-amino-alcohol motifs (C(OH)–C–C–N with tert-alkyl or cyclic N) is 1. The Balaban J connectivity index is 0.00000105. The number of carbonyl (C=O) groups excluding carboxylic acids is 2. The van der Waals surface area contributed by atoms with Crippen LogP contribution in [-0.2, 0) is 39.4 Å². The highest BCUT2D eigenvalue weighted by Crippen LogP contribution is 2.32. The van der Waals surface area contributed by atoms with Crippen molar-refractivity contribution in [2.75, 3.05) is 26.2 Å². The number of nitrogens with zero attached hydrogens (tertiary/aromatic N) is 3. The number of carbonyl (C=O) groups is 2. The smallest absolute Gasteiger partial charge is 0.392 e. The van der Waals surface area contributed by atoms with E-state index in [1.807, 2.05) is 93.7 Å². The minimum absolute atomic E-state index is 0.0712. The van der Waals surface area contributed by atoms with Crippen molar-refractivity contribution in [3.8, 4) is 0 Å². The number of rotatable bonds is 11. The summed E-state index contributed by atoms with van der Waals surface area (Å²) in [6.45, 7) is 8.74. The lowest BCUT2D eigenvalue weighted by molar-refractivity contribution is -0.132. The number of pyridine rings is 1. The van der Waals surface area contributed by atoms with Crippen molar-refractivity contribution >= 4 is 22.2 Å². The zero-order valence-corrected chi connectivity index (χ0v) is 29.5. The van der Waals surface area contributed by atoms with Crippen molar-refractivity contribution in [3.63, 3.8) is 0 Å².